The zero-order valence-electron chi connectivity index (χ0n) is 6.94. The van der Waals surface area contributed by atoms with E-state index in [1.807, 2.05) is 17.7 Å². The molecule has 2 aromatic rings. The number of hydrogen-bond donors (Lipinski definition) is 2. The summed E-state index contributed by atoms with van der Waals surface area (Å²) in [7, 11) is 0. The van der Waals surface area contributed by atoms with Gasteiger partial charge in [-0.2, -0.15) is 0 Å². The molecular weight excluding hydrogens is 220 g/mol. The van der Waals surface area contributed by atoms with Crippen LogP contribution < -0.4 is 0 Å². The molecule has 0 saturated carbocycles. The predicted octanol–water partition coefficient (Wildman–Crippen LogP) is 3.62. The summed E-state index contributed by atoms with van der Waals surface area (Å²) in [5.41, 5.74) is 0. The van der Waals surface area contributed by atoms with E-state index in [0.29, 0.717) is 5.75 Å². The third-order valence-electron chi connectivity index (χ3n) is 1.86. The molecule has 0 bridgehead atoms. The summed E-state index contributed by atoms with van der Waals surface area (Å²) >= 11 is 7.61. The van der Waals surface area contributed by atoms with Gasteiger partial charge in [0.1, 0.15) is 5.75 Å². The number of aromatic hydroxyl groups is 1. The van der Waals surface area contributed by atoms with Gasteiger partial charge < -0.3 is 5.11 Å². The standard InChI is InChI=1S/C9H8OS3/c1-12-7-3-2-5(10)8-6(11)4-13-9(7)8/h2-4,10-11H,1H3. The second-order valence-corrected chi connectivity index (χ2v) is 4.82. The molecule has 0 atom stereocenters. The van der Waals surface area contributed by atoms with E-state index in [0.717, 1.165) is 15.0 Å². The monoisotopic (exact) mass is 228 g/mol. The predicted molar refractivity (Wildman–Crippen MR) is 62.5 cm³/mol. The molecule has 1 aromatic carbocycles. The average Bonchev–Trinajstić information content (AvgIpc) is 2.50. The van der Waals surface area contributed by atoms with Crippen molar-refractivity contribution in [3.8, 4) is 5.75 Å². The van der Waals surface area contributed by atoms with Gasteiger partial charge in [0, 0.05) is 20.6 Å². The van der Waals surface area contributed by atoms with Crippen LogP contribution in [0.1, 0.15) is 0 Å². The summed E-state index contributed by atoms with van der Waals surface area (Å²) in [5.74, 6) is 0.319. The van der Waals surface area contributed by atoms with Crippen molar-refractivity contribution < 1.29 is 5.11 Å². The first-order valence-corrected chi connectivity index (χ1v) is 6.25. The van der Waals surface area contributed by atoms with Gasteiger partial charge in [-0.25, -0.2) is 0 Å². The Kier molecular flexibility index (Phi) is 2.45. The van der Waals surface area contributed by atoms with Crippen LogP contribution in [0.3, 0.4) is 0 Å². The molecule has 1 aromatic heterocycles. The Morgan fingerprint density at radius 2 is 2.23 bits per heavy atom. The minimum Gasteiger partial charge on any atom is -0.507 e. The van der Waals surface area contributed by atoms with Crippen LogP contribution in [0.15, 0.2) is 27.3 Å². The molecule has 0 fully saturated rings. The van der Waals surface area contributed by atoms with Crippen molar-refractivity contribution in [2.24, 2.45) is 0 Å². The average molecular weight is 228 g/mol. The number of benzene rings is 1. The van der Waals surface area contributed by atoms with E-state index < -0.39 is 0 Å². The molecule has 0 aliphatic carbocycles. The maximum atomic E-state index is 9.61. The number of thioether (sulfide) groups is 1. The zero-order valence-corrected chi connectivity index (χ0v) is 9.47. The molecule has 0 spiro atoms. The first-order valence-electron chi connectivity index (χ1n) is 3.70. The number of phenolic OH excluding ortho intramolecular Hbond substituents is 1. The van der Waals surface area contributed by atoms with Crippen molar-refractivity contribution in [1.29, 1.82) is 0 Å². The van der Waals surface area contributed by atoms with Crippen molar-refractivity contribution in [2.45, 2.75) is 9.79 Å². The van der Waals surface area contributed by atoms with E-state index in [1.54, 1.807) is 29.2 Å². The van der Waals surface area contributed by atoms with Gasteiger partial charge in [-0.3, -0.25) is 0 Å². The fourth-order valence-corrected chi connectivity index (χ4v) is 3.46. The van der Waals surface area contributed by atoms with Gasteiger partial charge >= 0.3 is 0 Å². The highest BCUT2D eigenvalue weighted by atomic mass is 32.2. The Hall–Kier alpha value is -0.320. The first kappa shape index (κ1) is 9.24. The Balaban J connectivity index is 2.87. The van der Waals surface area contributed by atoms with Crippen LogP contribution in [-0.4, -0.2) is 11.4 Å². The molecule has 0 saturated heterocycles. The smallest absolute Gasteiger partial charge is 0.125 e. The van der Waals surface area contributed by atoms with Crippen LogP contribution in [0.25, 0.3) is 10.1 Å². The third-order valence-corrected chi connectivity index (χ3v) is 4.31. The SMILES string of the molecule is CSc1ccc(O)c2c(S)csc12. The van der Waals surface area contributed by atoms with Crippen LogP contribution in [-0.2, 0) is 0 Å². The van der Waals surface area contributed by atoms with Gasteiger partial charge in [0.05, 0.1) is 4.70 Å². The number of rotatable bonds is 1. The van der Waals surface area contributed by atoms with E-state index in [4.69, 9.17) is 0 Å². The minimum atomic E-state index is 0.319. The van der Waals surface area contributed by atoms with Crippen molar-refractivity contribution in [1.82, 2.24) is 0 Å². The maximum absolute atomic E-state index is 9.61. The summed E-state index contributed by atoms with van der Waals surface area (Å²) in [6.07, 6.45) is 2.03. The van der Waals surface area contributed by atoms with Gasteiger partial charge in [-0.05, 0) is 18.4 Å². The molecule has 13 heavy (non-hydrogen) atoms. The number of thiophene rings is 1. The van der Waals surface area contributed by atoms with Gasteiger partial charge in [-0.1, -0.05) is 0 Å². The van der Waals surface area contributed by atoms with Gasteiger partial charge in [0.2, 0.25) is 0 Å². The normalized spacial score (nSPS) is 10.9. The Bertz CT molecular complexity index is 447. The van der Waals surface area contributed by atoms with Crippen molar-refractivity contribution in [3.05, 3.63) is 17.5 Å². The zero-order chi connectivity index (χ0) is 9.42. The second kappa shape index (κ2) is 3.44. The lowest BCUT2D eigenvalue weighted by Gasteiger charge is -2.00. The highest BCUT2D eigenvalue weighted by molar-refractivity contribution is 7.99. The molecule has 0 aliphatic heterocycles. The fourth-order valence-electron chi connectivity index (χ4n) is 1.25. The maximum Gasteiger partial charge on any atom is 0.125 e. The summed E-state index contributed by atoms with van der Waals surface area (Å²) in [4.78, 5) is 2.05. The van der Waals surface area contributed by atoms with Crippen LogP contribution in [0.4, 0.5) is 0 Å². The largest absolute Gasteiger partial charge is 0.507 e. The van der Waals surface area contributed by atoms with Gasteiger partial charge in [0.25, 0.3) is 0 Å². The summed E-state index contributed by atoms with van der Waals surface area (Å²) in [6.45, 7) is 0. The lowest BCUT2D eigenvalue weighted by atomic mass is 10.2. The Morgan fingerprint density at radius 1 is 1.46 bits per heavy atom. The van der Waals surface area contributed by atoms with Crippen molar-refractivity contribution in [3.63, 3.8) is 0 Å². The summed E-state index contributed by atoms with van der Waals surface area (Å²) in [5, 5.41) is 12.4. The van der Waals surface area contributed by atoms with Crippen molar-refractivity contribution >= 4 is 45.8 Å². The molecule has 0 amide bonds. The lowest BCUT2D eigenvalue weighted by molar-refractivity contribution is 0.481. The topological polar surface area (TPSA) is 20.2 Å². The van der Waals surface area contributed by atoms with Crippen LogP contribution in [0, 0.1) is 0 Å². The highest BCUT2D eigenvalue weighted by Crippen LogP contribution is 2.40. The molecule has 0 aliphatic rings. The van der Waals surface area contributed by atoms with Crippen LogP contribution in [0.5, 0.6) is 5.75 Å². The molecule has 68 valence electrons. The van der Waals surface area contributed by atoms with E-state index >= 15 is 0 Å². The molecule has 2 rings (SSSR count). The van der Waals surface area contributed by atoms with Gasteiger partial charge in [-0.15, -0.1) is 35.7 Å². The number of phenols is 1. The van der Waals surface area contributed by atoms with Crippen LogP contribution in [0.2, 0.25) is 0 Å². The van der Waals surface area contributed by atoms with Crippen molar-refractivity contribution in [2.75, 3.05) is 6.26 Å². The fraction of sp³-hybridized carbons (Fsp3) is 0.111. The highest BCUT2D eigenvalue weighted by Gasteiger charge is 2.09. The van der Waals surface area contributed by atoms with E-state index in [-0.39, 0.29) is 0 Å². The minimum absolute atomic E-state index is 0.319. The molecule has 0 unspecified atom stereocenters. The molecule has 4 heteroatoms. The van der Waals surface area contributed by atoms with Gasteiger partial charge in [0.15, 0.2) is 0 Å². The Labute approximate surface area is 90.2 Å². The molecule has 1 N–H and O–H groups in total. The van der Waals surface area contributed by atoms with E-state index in [9.17, 15) is 5.11 Å². The lowest BCUT2D eigenvalue weighted by Crippen LogP contribution is -1.72. The molecule has 0 radical (unpaired) electrons. The first-order chi connectivity index (χ1) is 6.24. The second-order valence-electron chi connectivity index (χ2n) is 2.61. The number of thiol groups is 1. The molecular formula is C9H8OS3. The Morgan fingerprint density at radius 3 is 2.92 bits per heavy atom. The van der Waals surface area contributed by atoms with Crippen LogP contribution >= 0.6 is 35.7 Å². The quantitative estimate of drug-likeness (QED) is 0.574. The third kappa shape index (κ3) is 1.43. The van der Waals surface area contributed by atoms with E-state index in [1.165, 1.54) is 4.90 Å². The summed E-state index contributed by atoms with van der Waals surface area (Å²) < 4.78 is 1.12. The number of hydrogen-bond acceptors (Lipinski definition) is 4. The van der Waals surface area contributed by atoms with E-state index in [2.05, 4.69) is 12.6 Å². The molecule has 1 heterocycles. The molecule has 1 nitrogen and oxygen atoms in total. The summed E-state index contributed by atoms with van der Waals surface area (Å²) in [6, 6.07) is 3.66. The number of fused-ring (bicyclic) bond motifs is 1.